The molecule has 0 bridgehead atoms. The van der Waals surface area contributed by atoms with Crippen LogP contribution in [0.25, 0.3) is 0 Å². The van der Waals surface area contributed by atoms with Crippen LogP contribution in [0.3, 0.4) is 0 Å². The first-order chi connectivity index (χ1) is 14.9. The Hall–Kier alpha value is -3.22. The number of carbonyl (C=O) groups is 2. The minimum atomic E-state index is -0.318. The van der Waals surface area contributed by atoms with Crippen LogP contribution < -0.4 is 24.4 Å². The molecule has 0 radical (unpaired) electrons. The molecule has 0 aliphatic carbocycles. The number of rotatable bonds is 8. The number of hydrogen-bond donors (Lipinski definition) is 1. The van der Waals surface area contributed by atoms with Gasteiger partial charge in [-0.05, 0) is 54.7 Å². The quantitative estimate of drug-likeness (QED) is 0.681. The van der Waals surface area contributed by atoms with E-state index in [4.69, 9.17) is 14.2 Å². The zero-order chi connectivity index (χ0) is 22.5. The van der Waals surface area contributed by atoms with E-state index in [1.54, 1.807) is 12.1 Å². The number of hydrogen-bond acceptors (Lipinski definition) is 5. The van der Waals surface area contributed by atoms with Crippen molar-refractivity contribution in [2.24, 2.45) is 5.92 Å². The topological polar surface area (TPSA) is 77.1 Å². The molecule has 7 heteroatoms. The smallest absolute Gasteiger partial charge is 0.259 e. The van der Waals surface area contributed by atoms with E-state index in [2.05, 4.69) is 19.2 Å². The second-order valence-corrected chi connectivity index (χ2v) is 7.91. The van der Waals surface area contributed by atoms with Crippen molar-refractivity contribution in [1.82, 2.24) is 0 Å². The third kappa shape index (κ3) is 4.76. The molecule has 0 fully saturated rings. The van der Waals surface area contributed by atoms with E-state index in [-0.39, 0.29) is 11.8 Å². The third-order valence-corrected chi connectivity index (χ3v) is 5.42. The summed E-state index contributed by atoms with van der Waals surface area (Å²) in [5.74, 6) is 1.51. The minimum Gasteiger partial charge on any atom is -0.493 e. The van der Waals surface area contributed by atoms with Gasteiger partial charge in [0.25, 0.3) is 5.91 Å². The molecule has 3 rings (SSSR count). The maximum absolute atomic E-state index is 13.0. The Morgan fingerprint density at radius 2 is 1.77 bits per heavy atom. The van der Waals surface area contributed by atoms with Gasteiger partial charge < -0.3 is 24.4 Å². The Morgan fingerprint density at radius 1 is 1.03 bits per heavy atom. The van der Waals surface area contributed by atoms with Crippen molar-refractivity contribution >= 4 is 23.2 Å². The fourth-order valence-electron chi connectivity index (χ4n) is 3.75. The fourth-order valence-corrected chi connectivity index (χ4v) is 3.75. The first-order valence-corrected chi connectivity index (χ1v) is 10.4. The number of fused-ring (bicyclic) bond motifs is 1. The molecule has 1 heterocycles. The summed E-state index contributed by atoms with van der Waals surface area (Å²) in [6.45, 7) is 5.00. The zero-order valence-electron chi connectivity index (χ0n) is 18.8. The maximum atomic E-state index is 13.0. The molecule has 2 aromatic carbocycles. The van der Waals surface area contributed by atoms with Crippen LogP contribution in [-0.2, 0) is 11.2 Å². The second kappa shape index (κ2) is 9.73. The van der Waals surface area contributed by atoms with Crippen molar-refractivity contribution in [3.63, 3.8) is 0 Å². The highest BCUT2D eigenvalue weighted by Crippen LogP contribution is 2.40. The van der Waals surface area contributed by atoms with E-state index in [1.165, 1.54) is 21.3 Å². The summed E-state index contributed by atoms with van der Waals surface area (Å²) in [7, 11) is 4.51. The molecule has 2 amide bonds. The Morgan fingerprint density at radius 3 is 2.42 bits per heavy atom. The fraction of sp³-hybridized carbons (Fsp3) is 0.417. The Kier molecular flexibility index (Phi) is 7.05. The molecule has 1 aliphatic heterocycles. The Labute approximate surface area is 183 Å². The molecule has 1 aliphatic rings. The summed E-state index contributed by atoms with van der Waals surface area (Å²) in [4.78, 5) is 27.3. The van der Waals surface area contributed by atoms with Gasteiger partial charge in [0, 0.05) is 24.3 Å². The monoisotopic (exact) mass is 426 g/mol. The van der Waals surface area contributed by atoms with Crippen LogP contribution >= 0.6 is 0 Å². The molecular formula is C24H30N2O5. The van der Waals surface area contributed by atoms with Crippen LogP contribution in [0.5, 0.6) is 17.2 Å². The van der Waals surface area contributed by atoms with Crippen LogP contribution in [0.1, 0.15) is 42.6 Å². The normalized spacial score (nSPS) is 13.1. The number of amides is 2. The van der Waals surface area contributed by atoms with Gasteiger partial charge in [-0.1, -0.05) is 13.8 Å². The number of ether oxygens (including phenoxy) is 3. The molecule has 1 N–H and O–H groups in total. The van der Waals surface area contributed by atoms with Gasteiger partial charge in [0.2, 0.25) is 11.7 Å². The second-order valence-electron chi connectivity index (χ2n) is 7.91. The average molecular weight is 427 g/mol. The van der Waals surface area contributed by atoms with Gasteiger partial charge >= 0.3 is 0 Å². The lowest BCUT2D eigenvalue weighted by Gasteiger charge is -2.30. The van der Waals surface area contributed by atoms with Crippen molar-refractivity contribution in [2.75, 3.05) is 38.1 Å². The highest BCUT2D eigenvalue weighted by Gasteiger charge is 2.25. The number of nitrogens with zero attached hydrogens (tertiary/aromatic N) is 1. The van der Waals surface area contributed by atoms with Crippen LogP contribution in [0.15, 0.2) is 30.3 Å². The van der Waals surface area contributed by atoms with Gasteiger partial charge in [-0.25, -0.2) is 0 Å². The predicted molar refractivity (Wildman–Crippen MR) is 121 cm³/mol. The molecular weight excluding hydrogens is 396 g/mol. The zero-order valence-corrected chi connectivity index (χ0v) is 18.8. The average Bonchev–Trinajstić information content (AvgIpc) is 2.76. The van der Waals surface area contributed by atoms with Crippen LogP contribution in [0.4, 0.5) is 11.4 Å². The maximum Gasteiger partial charge on any atom is 0.259 e. The summed E-state index contributed by atoms with van der Waals surface area (Å²) in [6, 6.07) is 8.98. The van der Waals surface area contributed by atoms with Crippen molar-refractivity contribution in [1.29, 1.82) is 0 Å². The molecule has 7 nitrogen and oxygen atoms in total. The van der Waals surface area contributed by atoms with Gasteiger partial charge in [-0.15, -0.1) is 0 Å². The van der Waals surface area contributed by atoms with Crippen molar-refractivity contribution in [3.8, 4) is 17.2 Å². The van der Waals surface area contributed by atoms with Gasteiger partial charge in [0.15, 0.2) is 11.5 Å². The molecule has 166 valence electrons. The van der Waals surface area contributed by atoms with E-state index in [9.17, 15) is 9.59 Å². The summed E-state index contributed by atoms with van der Waals surface area (Å²) < 4.78 is 16.1. The lowest BCUT2D eigenvalue weighted by molar-refractivity contribution is -0.118. The predicted octanol–water partition coefficient (Wildman–Crippen LogP) is 4.29. The largest absolute Gasteiger partial charge is 0.493 e. The summed E-state index contributed by atoms with van der Waals surface area (Å²) in [6.07, 6.45) is 2.09. The van der Waals surface area contributed by atoms with E-state index in [1.807, 2.05) is 23.1 Å². The first-order valence-electron chi connectivity index (χ1n) is 10.4. The van der Waals surface area contributed by atoms with Crippen molar-refractivity contribution in [2.45, 2.75) is 33.1 Å². The highest BCUT2D eigenvalue weighted by molar-refractivity contribution is 6.07. The molecule has 31 heavy (non-hydrogen) atoms. The van der Waals surface area contributed by atoms with Crippen molar-refractivity contribution < 1.29 is 23.8 Å². The standard InChI is InChI=1S/C24H30N2O5/c1-15(2)12-13-26-19-9-7-17(14-16(19)6-11-21(26)27)25-24(28)18-8-10-20(29-3)23(31-5)22(18)30-4/h7-10,14-15H,6,11-13H2,1-5H3,(H,25,28). The molecule has 0 unspecified atom stereocenters. The van der Waals surface area contributed by atoms with Gasteiger partial charge in [-0.3, -0.25) is 9.59 Å². The molecule has 0 saturated carbocycles. The number of anilines is 2. The van der Waals surface area contributed by atoms with Crippen LogP contribution in [-0.4, -0.2) is 39.7 Å². The lowest BCUT2D eigenvalue weighted by atomic mass is 9.99. The Bertz CT molecular complexity index is 971. The van der Waals surface area contributed by atoms with Crippen molar-refractivity contribution in [3.05, 3.63) is 41.5 Å². The number of carbonyl (C=O) groups excluding carboxylic acids is 2. The number of nitrogens with one attached hydrogen (secondary N) is 1. The van der Waals surface area contributed by atoms with E-state index < -0.39 is 0 Å². The van der Waals surface area contributed by atoms with Gasteiger partial charge in [-0.2, -0.15) is 0 Å². The molecule has 2 aromatic rings. The molecule has 0 atom stereocenters. The SMILES string of the molecule is COc1ccc(C(=O)Nc2ccc3c(c2)CCC(=O)N3CCC(C)C)c(OC)c1OC. The number of methoxy groups -OCH3 is 3. The van der Waals surface area contributed by atoms with E-state index >= 15 is 0 Å². The highest BCUT2D eigenvalue weighted by atomic mass is 16.5. The number of aryl methyl sites for hydroxylation is 1. The number of benzene rings is 2. The molecule has 0 aromatic heterocycles. The Balaban J connectivity index is 1.85. The summed E-state index contributed by atoms with van der Waals surface area (Å²) in [5.41, 5.74) is 2.99. The van der Waals surface area contributed by atoms with E-state index in [0.29, 0.717) is 53.8 Å². The molecule has 0 spiro atoms. The minimum absolute atomic E-state index is 0.153. The lowest BCUT2D eigenvalue weighted by Crippen LogP contribution is -2.36. The summed E-state index contributed by atoms with van der Waals surface area (Å²) >= 11 is 0. The van der Waals surface area contributed by atoms with Gasteiger partial charge in [0.05, 0.1) is 26.9 Å². The first kappa shape index (κ1) is 22.5. The molecule has 0 saturated heterocycles. The summed E-state index contributed by atoms with van der Waals surface area (Å²) in [5, 5.41) is 2.93. The van der Waals surface area contributed by atoms with Crippen LogP contribution in [0, 0.1) is 5.92 Å². The van der Waals surface area contributed by atoms with E-state index in [0.717, 1.165) is 17.7 Å². The third-order valence-electron chi connectivity index (χ3n) is 5.42. The van der Waals surface area contributed by atoms with Crippen LogP contribution in [0.2, 0.25) is 0 Å². The van der Waals surface area contributed by atoms with Gasteiger partial charge in [0.1, 0.15) is 0 Å².